The average molecular weight is 326 g/mol. The minimum absolute atomic E-state index is 0.0179. The van der Waals surface area contributed by atoms with Gasteiger partial charge in [-0.15, -0.1) is 0 Å². The molecule has 0 saturated heterocycles. The van der Waals surface area contributed by atoms with E-state index in [2.05, 4.69) is 25.2 Å². The Labute approximate surface area is 126 Å². The predicted molar refractivity (Wildman–Crippen MR) is 69.2 cm³/mol. The van der Waals surface area contributed by atoms with Crippen LogP contribution in [0, 0.1) is 0 Å². The minimum Gasteiger partial charge on any atom is -0.338 e. The van der Waals surface area contributed by atoms with E-state index < -0.39 is 11.9 Å². The summed E-state index contributed by atoms with van der Waals surface area (Å²) in [6.45, 7) is 0. The van der Waals surface area contributed by atoms with Crippen LogP contribution < -0.4 is 5.56 Å². The lowest BCUT2D eigenvalue weighted by Crippen LogP contribution is -2.06. The molecule has 3 heterocycles. The minimum atomic E-state index is -4.52. The second kappa shape index (κ2) is 5.34. The molecule has 0 unspecified atom stereocenters. The van der Waals surface area contributed by atoms with Gasteiger partial charge in [-0.1, -0.05) is 5.16 Å². The van der Waals surface area contributed by atoms with E-state index in [-0.39, 0.29) is 35.1 Å². The predicted octanol–water partition coefficient (Wildman–Crippen LogP) is 1.16. The van der Waals surface area contributed by atoms with E-state index in [4.69, 9.17) is 4.52 Å². The number of hydrogen-bond donors (Lipinski definition) is 1. The zero-order chi connectivity index (χ0) is 16.6. The van der Waals surface area contributed by atoms with Gasteiger partial charge in [0.25, 0.3) is 5.56 Å². The van der Waals surface area contributed by atoms with Crippen LogP contribution in [0.15, 0.2) is 27.8 Å². The maximum absolute atomic E-state index is 12.6. The summed E-state index contributed by atoms with van der Waals surface area (Å²) in [5.41, 5.74) is -0.827. The van der Waals surface area contributed by atoms with E-state index in [1.807, 2.05) is 0 Å². The molecule has 0 spiro atoms. The highest BCUT2D eigenvalue weighted by atomic mass is 19.4. The number of halogens is 3. The SMILES string of the molecule is Cn1nc(C(F)(F)F)cc1Cc1nc(-c2c[nH]c(=O)cn2)no1. The standard InChI is InChI=1S/C12H9F3N6O2/c1-21-6(2-8(19-21)12(13,14)15)3-10-18-11(20-23-10)7-4-17-9(22)5-16-7/h2,4-5H,3H2,1H3,(H,17,22). The van der Waals surface area contributed by atoms with Crippen molar-refractivity contribution in [1.29, 1.82) is 0 Å². The molecule has 0 amide bonds. The second-order valence-corrected chi connectivity index (χ2v) is 4.63. The second-order valence-electron chi connectivity index (χ2n) is 4.63. The van der Waals surface area contributed by atoms with Crippen molar-refractivity contribution in [3.8, 4) is 11.5 Å². The van der Waals surface area contributed by atoms with Gasteiger partial charge in [0.05, 0.1) is 12.6 Å². The summed E-state index contributed by atoms with van der Waals surface area (Å²) >= 11 is 0. The summed E-state index contributed by atoms with van der Waals surface area (Å²) in [6.07, 6.45) is -2.17. The van der Waals surface area contributed by atoms with E-state index in [1.54, 1.807) is 0 Å². The molecule has 0 aliphatic carbocycles. The van der Waals surface area contributed by atoms with Gasteiger partial charge in [0.2, 0.25) is 11.7 Å². The van der Waals surface area contributed by atoms with Crippen LogP contribution in [0.3, 0.4) is 0 Å². The van der Waals surface area contributed by atoms with Crippen LogP contribution >= 0.6 is 0 Å². The molecule has 1 N–H and O–H groups in total. The molecule has 0 aromatic carbocycles. The van der Waals surface area contributed by atoms with Gasteiger partial charge >= 0.3 is 6.18 Å². The first-order valence-corrected chi connectivity index (χ1v) is 6.31. The van der Waals surface area contributed by atoms with Gasteiger partial charge in [0.1, 0.15) is 5.69 Å². The number of rotatable bonds is 3. The molecule has 0 bridgehead atoms. The Morgan fingerprint density at radius 2 is 2.17 bits per heavy atom. The highest BCUT2D eigenvalue weighted by molar-refractivity contribution is 5.45. The first-order valence-electron chi connectivity index (χ1n) is 6.31. The van der Waals surface area contributed by atoms with Gasteiger partial charge in [-0.05, 0) is 6.07 Å². The van der Waals surface area contributed by atoms with Gasteiger partial charge in [-0.3, -0.25) is 9.48 Å². The molecule has 0 aliphatic rings. The van der Waals surface area contributed by atoms with E-state index in [1.165, 1.54) is 13.2 Å². The molecule has 11 heteroatoms. The Morgan fingerprint density at radius 3 is 2.78 bits per heavy atom. The maximum Gasteiger partial charge on any atom is 0.435 e. The van der Waals surface area contributed by atoms with E-state index in [9.17, 15) is 18.0 Å². The number of aromatic amines is 1. The van der Waals surface area contributed by atoms with Crippen LogP contribution in [0.25, 0.3) is 11.5 Å². The summed E-state index contributed by atoms with van der Waals surface area (Å²) in [6, 6.07) is 0.919. The lowest BCUT2D eigenvalue weighted by molar-refractivity contribution is -0.141. The summed E-state index contributed by atoms with van der Waals surface area (Å²) in [5, 5.41) is 7.08. The van der Waals surface area contributed by atoms with Gasteiger partial charge in [0.15, 0.2) is 5.69 Å². The third-order valence-corrected chi connectivity index (χ3v) is 2.97. The fourth-order valence-electron chi connectivity index (χ4n) is 1.86. The van der Waals surface area contributed by atoms with Gasteiger partial charge < -0.3 is 9.51 Å². The molecule has 0 radical (unpaired) electrons. The molecule has 0 fully saturated rings. The number of aryl methyl sites for hydroxylation is 1. The van der Waals surface area contributed by atoms with Gasteiger partial charge in [0, 0.05) is 18.9 Å². The van der Waals surface area contributed by atoms with Crippen molar-refractivity contribution in [3.05, 3.63) is 46.1 Å². The van der Waals surface area contributed by atoms with Crippen molar-refractivity contribution in [1.82, 2.24) is 29.9 Å². The van der Waals surface area contributed by atoms with Crippen LogP contribution in [0.1, 0.15) is 17.3 Å². The molecular formula is C12H9F3N6O2. The molecule has 23 heavy (non-hydrogen) atoms. The fraction of sp³-hybridized carbons (Fsp3) is 0.250. The Bertz CT molecular complexity index is 874. The first kappa shape index (κ1) is 14.9. The summed E-state index contributed by atoms with van der Waals surface area (Å²) in [5.74, 6) is 0.221. The Balaban J connectivity index is 1.83. The molecule has 0 aliphatic heterocycles. The largest absolute Gasteiger partial charge is 0.435 e. The van der Waals surface area contributed by atoms with Crippen LogP contribution in [0.5, 0.6) is 0 Å². The number of nitrogens with zero attached hydrogens (tertiary/aromatic N) is 5. The lowest BCUT2D eigenvalue weighted by atomic mass is 10.2. The smallest absolute Gasteiger partial charge is 0.338 e. The number of hydrogen-bond acceptors (Lipinski definition) is 6. The molecule has 3 aromatic rings. The van der Waals surface area contributed by atoms with Gasteiger partial charge in [-0.2, -0.15) is 23.3 Å². The molecule has 0 atom stereocenters. The Kier molecular flexibility index (Phi) is 3.47. The summed E-state index contributed by atoms with van der Waals surface area (Å²) in [7, 11) is 1.39. The molecule has 8 nitrogen and oxygen atoms in total. The fourth-order valence-corrected chi connectivity index (χ4v) is 1.86. The Hall–Kier alpha value is -2.98. The van der Waals surface area contributed by atoms with Crippen LogP contribution in [0.4, 0.5) is 13.2 Å². The molecule has 120 valence electrons. The average Bonchev–Trinajstić information content (AvgIpc) is 3.08. The summed E-state index contributed by atoms with van der Waals surface area (Å²) in [4.78, 5) is 21.2. The van der Waals surface area contributed by atoms with Gasteiger partial charge in [-0.25, -0.2) is 4.98 Å². The van der Waals surface area contributed by atoms with Crippen LogP contribution in [-0.2, 0) is 19.6 Å². The van der Waals surface area contributed by atoms with Crippen molar-refractivity contribution in [2.24, 2.45) is 7.05 Å². The monoisotopic (exact) mass is 326 g/mol. The zero-order valence-corrected chi connectivity index (χ0v) is 11.6. The van der Waals surface area contributed by atoms with Crippen molar-refractivity contribution < 1.29 is 17.7 Å². The number of H-pyrrole nitrogens is 1. The molecule has 3 rings (SSSR count). The molecule has 0 saturated carbocycles. The highest BCUT2D eigenvalue weighted by Gasteiger charge is 2.34. The number of nitrogens with one attached hydrogen (secondary N) is 1. The Morgan fingerprint density at radius 1 is 1.39 bits per heavy atom. The van der Waals surface area contributed by atoms with Crippen molar-refractivity contribution in [2.45, 2.75) is 12.6 Å². The maximum atomic E-state index is 12.6. The third kappa shape index (κ3) is 3.12. The first-order chi connectivity index (χ1) is 10.8. The molecular weight excluding hydrogens is 317 g/mol. The topological polar surface area (TPSA) is 102 Å². The molecule has 3 aromatic heterocycles. The van der Waals surface area contributed by atoms with Crippen molar-refractivity contribution in [3.63, 3.8) is 0 Å². The highest BCUT2D eigenvalue weighted by Crippen LogP contribution is 2.28. The van der Waals surface area contributed by atoms with Crippen LogP contribution in [0.2, 0.25) is 0 Å². The summed E-state index contributed by atoms with van der Waals surface area (Å²) < 4.78 is 43.9. The van der Waals surface area contributed by atoms with E-state index in [0.717, 1.165) is 16.9 Å². The third-order valence-electron chi connectivity index (χ3n) is 2.97. The number of alkyl halides is 3. The number of aromatic nitrogens is 6. The zero-order valence-electron chi connectivity index (χ0n) is 11.6. The normalized spacial score (nSPS) is 11.8. The lowest BCUT2D eigenvalue weighted by Gasteiger charge is -1.99. The van der Waals surface area contributed by atoms with Crippen molar-refractivity contribution in [2.75, 3.05) is 0 Å². The van der Waals surface area contributed by atoms with Crippen LogP contribution in [-0.4, -0.2) is 29.9 Å². The van der Waals surface area contributed by atoms with Crippen molar-refractivity contribution >= 4 is 0 Å². The quantitative estimate of drug-likeness (QED) is 0.775. The van der Waals surface area contributed by atoms with E-state index in [0.29, 0.717) is 0 Å². The van der Waals surface area contributed by atoms with E-state index >= 15 is 0 Å².